The molecule has 23 heavy (non-hydrogen) atoms. The zero-order valence-corrected chi connectivity index (χ0v) is 15.5. The van der Waals surface area contributed by atoms with Crippen LogP contribution in [0.4, 0.5) is 0 Å². The van der Waals surface area contributed by atoms with Gasteiger partial charge in [-0.1, -0.05) is 23.2 Å². The normalized spacial score (nSPS) is 11.0. The highest BCUT2D eigenvalue weighted by Crippen LogP contribution is 2.27. The van der Waals surface area contributed by atoms with E-state index < -0.39 is 0 Å². The lowest BCUT2D eigenvalue weighted by Crippen LogP contribution is -2.31. The first-order chi connectivity index (χ1) is 10.9. The molecule has 0 fully saturated rings. The Labute approximate surface area is 151 Å². The number of hydrogen-bond donors (Lipinski definition) is 2. The SMILES string of the molecule is CCNC(=S)NN=Cc1cc(C)n(-c2ccc(Cl)c(Cl)c2)c1C. The molecule has 2 aromatic rings. The standard InChI is InChI=1S/C16H18Cl2N4S/c1-4-19-16(23)21-20-9-12-7-10(2)22(11(12)3)13-5-6-14(17)15(18)8-13/h5-9H,4H2,1-3H3,(H2,19,21,23). The van der Waals surface area contributed by atoms with Gasteiger partial charge in [-0.15, -0.1) is 0 Å². The molecule has 1 aromatic carbocycles. The summed E-state index contributed by atoms with van der Waals surface area (Å²) in [7, 11) is 0. The van der Waals surface area contributed by atoms with E-state index in [-0.39, 0.29) is 0 Å². The molecular formula is C16H18Cl2N4S. The van der Waals surface area contributed by atoms with Crippen molar-refractivity contribution < 1.29 is 0 Å². The molecule has 0 aliphatic rings. The molecule has 1 heterocycles. The van der Waals surface area contributed by atoms with Crippen molar-refractivity contribution in [2.24, 2.45) is 5.10 Å². The fourth-order valence-corrected chi connectivity index (χ4v) is 2.79. The van der Waals surface area contributed by atoms with Crippen LogP contribution in [0.15, 0.2) is 29.4 Å². The smallest absolute Gasteiger partial charge is 0.186 e. The van der Waals surface area contributed by atoms with E-state index in [1.165, 1.54) is 0 Å². The van der Waals surface area contributed by atoms with E-state index in [4.69, 9.17) is 35.4 Å². The number of nitrogens with zero attached hydrogens (tertiary/aromatic N) is 2. The molecular weight excluding hydrogens is 351 g/mol. The molecule has 0 aliphatic carbocycles. The van der Waals surface area contributed by atoms with E-state index in [0.29, 0.717) is 15.2 Å². The predicted octanol–water partition coefficient (Wildman–Crippen LogP) is 4.22. The summed E-state index contributed by atoms with van der Waals surface area (Å²) in [5.41, 5.74) is 6.89. The minimum Gasteiger partial charge on any atom is -0.362 e. The number of rotatable bonds is 4. The van der Waals surface area contributed by atoms with Crippen molar-refractivity contribution in [2.45, 2.75) is 20.8 Å². The lowest BCUT2D eigenvalue weighted by atomic mass is 10.2. The summed E-state index contributed by atoms with van der Waals surface area (Å²) in [4.78, 5) is 0. The van der Waals surface area contributed by atoms with Crippen LogP contribution in [0.2, 0.25) is 10.0 Å². The number of thiocarbonyl (C=S) groups is 1. The van der Waals surface area contributed by atoms with Gasteiger partial charge in [0.2, 0.25) is 0 Å². The molecule has 0 atom stereocenters. The van der Waals surface area contributed by atoms with Crippen molar-refractivity contribution in [1.29, 1.82) is 0 Å². The zero-order valence-electron chi connectivity index (χ0n) is 13.2. The number of aromatic nitrogens is 1. The van der Waals surface area contributed by atoms with E-state index >= 15 is 0 Å². The van der Waals surface area contributed by atoms with Crippen LogP contribution in [0, 0.1) is 13.8 Å². The van der Waals surface area contributed by atoms with Gasteiger partial charge in [-0.05, 0) is 57.3 Å². The van der Waals surface area contributed by atoms with Crippen LogP contribution in [-0.2, 0) is 0 Å². The molecule has 0 saturated carbocycles. The van der Waals surface area contributed by atoms with E-state index in [1.807, 2.05) is 32.9 Å². The molecule has 0 saturated heterocycles. The minimum absolute atomic E-state index is 0.502. The summed E-state index contributed by atoms with van der Waals surface area (Å²) in [6.45, 7) is 6.79. The molecule has 0 bridgehead atoms. The topological polar surface area (TPSA) is 41.4 Å². The van der Waals surface area contributed by atoms with Gasteiger partial charge in [0.15, 0.2) is 5.11 Å². The highest BCUT2D eigenvalue weighted by Gasteiger charge is 2.10. The largest absolute Gasteiger partial charge is 0.362 e. The van der Waals surface area contributed by atoms with E-state index in [2.05, 4.69) is 26.5 Å². The van der Waals surface area contributed by atoms with Crippen LogP contribution in [0.5, 0.6) is 0 Å². The maximum Gasteiger partial charge on any atom is 0.186 e. The van der Waals surface area contributed by atoms with Gasteiger partial charge < -0.3 is 9.88 Å². The van der Waals surface area contributed by atoms with Gasteiger partial charge >= 0.3 is 0 Å². The van der Waals surface area contributed by atoms with Crippen molar-refractivity contribution in [3.63, 3.8) is 0 Å². The van der Waals surface area contributed by atoms with Crippen molar-refractivity contribution in [2.75, 3.05) is 6.54 Å². The van der Waals surface area contributed by atoms with Crippen LogP contribution in [0.25, 0.3) is 5.69 Å². The van der Waals surface area contributed by atoms with Gasteiger partial charge in [0, 0.05) is 29.2 Å². The maximum atomic E-state index is 6.12. The second-order valence-electron chi connectivity index (χ2n) is 4.99. The number of hydrogen-bond acceptors (Lipinski definition) is 2. The van der Waals surface area contributed by atoms with Crippen molar-refractivity contribution in [3.8, 4) is 5.69 Å². The molecule has 1 aromatic heterocycles. The van der Waals surface area contributed by atoms with Crippen molar-refractivity contribution >= 4 is 46.7 Å². The number of nitrogens with one attached hydrogen (secondary N) is 2. The summed E-state index contributed by atoms with van der Waals surface area (Å²) in [6.07, 6.45) is 1.75. The lowest BCUT2D eigenvalue weighted by Gasteiger charge is -2.10. The van der Waals surface area contributed by atoms with Crippen LogP contribution >= 0.6 is 35.4 Å². The highest BCUT2D eigenvalue weighted by atomic mass is 35.5. The van der Waals surface area contributed by atoms with E-state index in [0.717, 1.165) is 29.2 Å². The molecule has 0 unspecified atom stereocenters. The van der Waals surface area contributed by atoms with Gasteiger partial charge in [0.25, 0.3) is 0 Å². The molecule has 0 amide bonds. The fraction of sp³-hybridized carbons (Fsp3) is 0.250. The van der Waals surface area contributed by atoms with Crippen molar-refractivity contribution in [1.82, 2.24) is 15.3 Å². The van der Waals surface area contributed by atoms with E-state index in [1.54, 1.807) is 12.3 Å². The highest BCUT2D eigenvalue weighted by molar-refractivity contribution is 7.80. The number of halogens is 2. The number of benzene rings is 1. The molecule has 2 N–H and O–H groups in total. The third-order valence-electron chi connectivity index (χ3n) is 3.34. The summed E-state index contributed by atoms with van der Waals surface area (Å²) >= 11 is 17.2. The third-order valence-corrected chi connectivity index (χ3v) is 4.31. The van der Waals surface area contributed by atoms with Gasteiger partial charge in [-0.25, -0.2) is 0 Å². The van der Waals surface area contributed by atoms with Gasteiger partial charge in [0.1, 0.15) is 0 Å². The van der Waals surface area contributed by atoms with Gasteiger partial charge in [0.05, 0.1) is 16.3 Å². The van der Waals surface area contributed by atoms with Crippen LogP contribution < -0.4 is 10.7 Å². The van der Waals surface area contributed by atoms with E-state index in [9.17, 15) is 0 Å². The summed E-state index contributed by atoms with van der Waals surface area (Å²) in [5, 5.41) is 8.71. The monoisotopic (exact) mass is 368 g/mol. The minimum atomic E-state index is 0.502. The molecule has 122 valence electrons. The first-order valence-electron chi connectivity index (χ1n) is 7.15. The Bertz CT molecular complexity index is 753. The van der Waals surface area contributed by atoms with Crippen molar-refractivity contribution in [3.05, 3.63) is 51.3 Å². The maximum absolute atomic E-state index is 6.12. The molecule has 7 heteroatoms. The average Bonchev–Trinajstić information content (AvgIpc) is 2.77. The Morgan fingerprint density at radius 1 is 1.26 bits per heavy atom. The molecule has 0 radical (unpaired) electrons. The molecule has 4 nitrogen and oxygen atoms in total. The second-order valence-corrected chi connectivity index (χ2v) is 6.21. The first kappa shape index (κ1) is 17.8. The van der Waals surface area contributed by atoms with Gasteiger partial charge in [-0.3, -0.25) is 5.43 Å². The zero-order chi connectivity index (χ0) is 17.0. The quantitative estimate of drug-likeness (QED) is 0.482. The van der Waals surface area contributed by atoms with Gasteiger partial charge in [-0.2, -0.15) is 5.10 Å². The summed E-state index contributed by atoms with van der Waals surface area (Å²) in [6, 6.07) is 7.64. The Morgan fingerprint density at radius 3 is 2.65 bits per heavy atom. The van der Waals surface area contributed by atoms with Crippen LogP contribution in [0.1, 0.15) is 23.9 Å². The fourth-order valence-electron chi connectivity index (χ4n) is 2.30. The third kappa shape index (κ3) is 4.25. The Morgan fingerprint density at radius 2 is 2.00 bits per heavy atom. The Balaban J connectivity index is 2.27. The second kappa shape index (κ2) is 7.81. The molecule has 2 rings (SSSR count). The number of aryl methyl sites for hydroxylation is 1. The lowest BCUT2D eigenvalue weighted by molar-refractivity contribution is 0.903. The summed E-state index contributed by atoms with van der Waals surface area (Å²) in [5.74, 6) is 0. The Hall–Kier alpha value is -1.56. The average molecular weight is 369 g/mol. The summed E-state index contributed by atoms with van der Waals surface area (Å²) < 4.78 is 2.10. The molecule has 0 spiro atoms. The Kier molecular flexibility index (Phi) is 6.04. The first-order valence-corrected chi connectivity index (χ1v) is 8.31. The van der Waals surface area contributed by atoms with Crippen LogP contribution in [0.3, 0.4) is 0 Å². The number of hydrazone groups is 1. The predicted molar refractivity (Wildman–Crippen MR) is 102 cm³/mol. The molecule has 0 aliphatic heterocycles. The van der Waals surface area contributed by atoms with Crippen LogP contribution in [-0.4, -0.2) is 22.4 Å².